The summed E-state index contributed by atoms with van der Waals surface area (Å²) in [5.74, 6) is 2.35. The molecule has 0 unspecified atom stereocenters. The van der Waals surface area contributed by atoms with Crippen LogP contribution in [0, 0.1) is 0 Å². The maximum absolute atomic E-state index is 6.00. The predicted molar refractivity (Wildman–Crippen MR) is 86.2 cm³/mol. The van der Waals surface area contributed by atoms with Crippen molar-refractivity contribution in [2.45, 2.75) is 38.7 Å². The first-order valence-corrected chi connectivity index (χ1v) is 7.86. The first kappa shape index (κ1) is 14.8. The molecule has 0 radical (unpaired) electrons. The Morgan fingerprint density at radius 1 is 1.14 bits per heavy atom. The third-order valence-electron chi connectivity index (χ3n) is 3.98. The molecule has 0 spiro atoms. The molecule has 116 valence electrons. The van der Waals surface area contributed by atoms with Gasteiger partial charge >= 0.3 is 0 Å². The van der Waals surface area contributed by atoms with Crippen LogP contribution < -0.4 is 9.64 Å². The molecule has 1 aliphatic heterocycles. The largest absolute Gasteiger partial charge is 0.490 e. The van der Waals surface area contributed by atoms with E-state index in [1.807, 2.05) is 12.1 Å². The summed E-state index contributed by atoms with van der Waals surface area (Å²) in [6, 6.07) is 5.92. The quantitative estimate of drug-likeness (QED) is 0.868. The molecular weight excluding hydrogens is 276 g/mol. The fraction of sp³-hybridized carbons (Fsp3) is 0.471. The first-order chi connectivity index (χ1) is 10.7. The Hall–Kier alpha value is -2.17. The van der Waals surface area contributed by atoms with Gasteiger partial charge in [-0.3, -0.25) is 4.98 Å². The molecule has 1 fully saturated rings. The van der Waals surface area contributed by atoms with E-state index in [1.54, 1.807) is 18.7 Å². The van der Waals surface area contributed by atoms with Gasteiger partial charge in [-0.25, -0.2) is 9.97 Å². The van der Waals surface area contributed by atoms with Crippen LogP contribution in [0.2, 0.25) is 0 Å². The van der Waals surface area contributed by atoms with Gasteiger partial charge in [0.05, 0.1) is 0 Å². The molecule has 3 heterocycles. The lowest BCUT2D eigenvalue weighted by Gasteiger charge is -2.33. The lowest BCUT2D eigenvalue weighted by Crippen LogP contribution is -2.38. The van der Waals surface area contributed by atoms with Gasteiger partial charge in [-0.2, -0.15) is 0 Å². The predicted octanol–water partition coefficient (Wildman–Crippen LogP) is 3.04. The Morgan fingerprint density at radius 2 is 1.86 bits per heavy atom. The third-order valence-corrected chi connectivity index (χ3v) is 3.98. The highest BCUT2D eigenvalue weighted by Crippen LogP contribution is 2.23. The van der Waals surface area contributed by atoms with Gasteiger partial charge in [-0.15, -0.1) is 0 Å². The minimum atomic E-state index is 0.269. The van der Waals surface area contributed by atoms with Gasteiger partial charge in [0, 0.05) is 50.1 Å². The highest BCUT2D eigenvalue weighted by atomic mass is 16.5. The number of anilines is 1. The summed E-state index contributed by atoms with van der Waals surface area (Å²) in [5.41, 5.74) is 1.10. The van der Waals surface area contributed by atoms with Gasteiger partial charge in [0.25, 0.3) is 0 Å². The van der Waals surface area contributed by atoms with Crippen molar-refractivity contribution in [2.75, 3.05) is 18.0 Å². The molecule has 0 N–H and O–H groups in total. The minimum Gasteiger partial charge on any atom is -0.490 e. The lowest BCUT2D eigenvalue weighted by molar-refractivity contribution is 0.170. The lowest BCUT2D eigenvalue weighted by atomic mass is 10.1. The summed E-state index contributed by atoms with van der Waals surface area (Å²) in [6.07, 6.45) is 7.47. The molecule has 2 aromatic heterocycles. The second-order valence-corrected chi connectivity index (χ2v) is 5.94. The highest BCUT2D eigenvalue weighted by Gasteiger charge is 2.22. The number of pyridine rings is 1. The van der Waals surface area contributed by atoms with Gasteiger partial charge in [0.15, 0.2) is 0 Å². The molecule has 1 saturated heterocycles. The van der Waals surface area contributed by atoms with Crippen molar-refractivity contribution in [2.24, 2.45) is 0 Å². The van der Waals surface area contributed by atoms with Gasteiger partial charge in [0.2, 0.25) is 0 Å². The van der Waals surface area contributed by atoms with Gasteiger partial charge in [-0.05, 0) is 18.1 Å². The van der Waals surface area contributed by atoms with E-state index < -0.39 is 0 Å². The zero-order chi connectivity index (χ0) is 15.4. The third kappa shape index (κ3) is 3.53. The van der Waals surface area contributed by atoms with Crippen LogP contribution in [0.3, 0.4) is 0 Å². The van der Waals surface area contributed by atoms with E-state index >= 15 is 0 Å². The van der Waals surface area contributed by atoms with E-state index in [0.29, 0.717) is 5.92 Å². The van der Waals surface area contributed by atoms with Crippen LogP contribution >= 0.6 is 0 Å². The molecule has 5 nitrogen and oxygen atoms in total. The minimum absolute atomic E-state index is 0.269. The van der Waals surface area contributed by atoms with Crippen LogP contribution in [0.4, 0.5) is 5.82 Å². The van der Waals surface area contributed by atoms with Crippen LogP contribution in [0.5, 0.6) is 5.75 Å². The van der Waals surface area contributed by atoms with Crippen molar-refractivity contribution in [1.82, 2.24) is 15.0 Å². The molecule has 2 aromatic rings. The Labute approximate surface area is 131 Å². The van der Waals surface area contributed by atoms with Crippen molar-refractivity contribution in [3.63, 3.8) is 0 Å². The summed E-state index contributed by atoms with van der Waals surface area (Å²) in [5, 5.41) is 0. The summed E-state index contributed by atoms with van der Waals surface area (Å²) in [4.78, 5) is 15.1. The molecule has 3 rings (SSSR count). The van der Waals surface area contributed by atoms with E-state index in [2.05, 4.69) is 39.8 Å². The number of piperidine rings is 1. The van der Waals surface area contributed by atoms with Crippen LogP contribution in [-0.2, 0) is 0 Å². The number of ether oxygens (including phenoxy) is 1. The van der Waals surface area contributed by atoms with E-state index in [9.17, 15) is 0 Å². The number of nitrogens with zero attached hydrogens (tertiary/aromatic N) is 4. The van der Waals surface area contributed by atoms with Crippen molar-refractivity contribution < 1.29 is 4.74 Å². The number of aromatic nitrogens is 3. The molecule has 0 bridgehead atoms. The summed E-state index contributed by atoms with van der Waals surface area (Å²) in [6.45, 7) is 6.23. The second-order valence-electron chi connectivity index (χ2n) is 5.94. The first-order valence-electron chi connectivity index (χ1n) is 7.86. The Bertz CT molecular complexity index is 595. The molecule has 0 saturated carbocycles. The summed E-state index contributed by atoms with van der Waals surface area (Å²) < 4.78 is 6.00. The maximum atomic E-state index is 6.00. The molecule has 5 heteroatoms. The fourth-order valence-corrected chi connectivity index (χ4v) is 2.66. The van der Waals surface area contributed by atoms with Crippen molar-refractivity contribution >= 4 is 5.82 Å². The van der Waals surface area contributed by atoms with E-state index in [0.717, 1.165) is 43.2 Å². The summed E-state index contributed by atoms with van der Waals surface area (Å²) >= 11 is 0. The normalized spacial score (nSPS) is 16.0. The van der Waals surface area contributed by atoms with Crippen LogP contribution in [0.15, 0.2) is 36.9 Å². The van der Waals surface area contributed by atoms with Crippen molar-refractivity contribution in [1.29, 1.82) is 0 Å². The Balaban J connectivity index is 1.58. The molecule has 0 aromatic carbocycles. The van der Waals surface area contributed by atoms with E-state index in [1.165, 1.54) is 0 Å². The Morgan fingerprint density at radius 3 is 2.55 bits per heavy atom. The zero-order valence-corrected chi connectivity index (χ0v) is 13.1. The number of rotatable bonds is 4. The zero-order valence-electron chi connectivity index (χ0n) is 13.1. The van der Waals surface area contributed by atoms with E-state index in [4.69, 9.17) is 4.74 Å². The second kappa shape index (κ2) is 6.73. The number of hydrogen-bond acceptors (Lipinski definition) is 5. The van der Waals surface area contributed by atoms with Crippen LogP contribution in [0.1, 0.15) is 38.3 Å². The topological polar surface area (TPSA) is 51.1 Å². The number of hydrogen-bond donors (Lipinski definition) is 0. The molecule has 0 amide bonds. The van der Waals surface area contributed by atoms with Crippen molar-refractivity contribution in [3.8, 4) is 5.75 Å². The maximum Gasteiger partial charge on any atom is 0.132 e. The average molecular weight is 298 g/mol. The van der Waals surface area contributed by atoms with E-state index in [-0.39, 0.29) is 6.10 Å². The standard InChI is InChI=1S/C17H22N4O/c1-13(2)16-11-17(20-12-19-16)21-9-5-15(6-10-21)22-14-3-7-18-8-4-14/h3-4,7-8,11-13,15H,5-6,9-10H2,1-2H3. The SMILES string of the molecule is CC(C)c1cc(N2CCC(Oc3ccncc3)CC2)ncn1. The average Bonchev–Trinajstić information content (AvgIpc) is 2.56. The van der Waals surface area contributed by atoms with Crippen LogP contribution in [0.25, 0.3) is 0 Å². The van der Waals surface area contributed by atoms with Gasteiger partial charge in [0.1, 0.15) is 24.0 Å². The monoisotopic (exact) mass is 298 g/mol. The molecule has 22 heavy (non-hydrogen) atoms. The molecule has 0 aliphatic carbocycles. The molecule has 0 atom stereocenters. The molecule has 1 aliphatic rings. The van der Waals surface area contributed by atoms with Crippen LogP contribution in [-0.4, -0.2) is 34.1 Å². The van der Waals surface area contributed by atoms with Gasteiger partial charge < -0.3 is 9.64 Å². The van der Waals surface area contributed by atoms with Gasteiger partial charge in [-0.1, -0.05) is 13.8 Å². The molecular formula is C17H22N4O. The summed E-state index contributed by atoms with van der Waals surface area (Å²) in [7, 11) is 0. The Kier molecular flexibility index (Phi) is 4.51. The van der Waals surface area contributed by atoms with Crippen molar-refractivity contribution in [3.05, 3.63) is 42.6 Å². The smallest absolute Gasteiger partial charge is 0.132 e. The highest BCUT2D eigenvalue weighted by molar-refractivity contribution is 5.40. The fourth-order valence-electron chi connectivity index (χ4n) is 2.66.